The molecular weight excluding hydrogens is 344 g/mol. The summed E-state index contributed by atoms with van der Waals surface area (Å²) in [7, 11) is 0. The average molecular weight is 369 g/mol. The van der Waals surface area contributed by atoms with Gasteiger partial charge in [0, 0.05) is 5.56 Å². The van der Waals surface area contributed by atoms with Gasteiger partial charge in [0.15, 0.2) is 5.11 Å². The molecule has 0 aromatic heterocycles. The lowest BCUT2D eigenvalue weighted by Gasteiger charge is -2.14. The third-order valence-electron chi connectivity index (χ3n) is 3.68. The maximum atomic E-state index is 12.3. The van der Waals surface area contributed by atoms with Gasteiger partial charge in [-0.15, -0.1) is 0 Å². The molecule has 0 bridgehead atoms. The highest BCUT2D eigenvalue weighted by molar-refractivity contribution is 7.80. The van der Waals surface area contributed by atoms with Gasteiger partial charge < -0.3 is 10.1 Å². The third kappa shape index (κ3) is 5.70. The second-order valence-corrected chi connectivity index (χ2v) is 6.84. The van der Waals surface area contributed by atoms with Gasteiger partial charge in [0.2, 0.25) is 0 Å². The first-order valence-electron chi connectivity index (χ1n) is 8.45. The summed E-state index contributed by atoms with van der Waals surface area (Å²) in [5, 5.41) is 5.92. The Balaban J connectivity index is 2.00. The van der Waals surface area contributed by atoms with E-state index >= 15 is 0 Å². The number of hydrogen-bond donors (Lipinski definition) is 2. The number of para-hydroxylation sites is 2. The molecule has 0 aliphatic carbocycles. The molecular formula is C21H24N2O2S. The van der Waals surface area contributed by atoms with Crippen LogP contribution < -0.4 is 15.4 Å². The van der Waals surface area contributed by atoms with E-state index in [1.165, 1.54) is 5.56 Å². The van der Waals surface area contributed by atoms with Gasteiger partial charge in [0.1, 0.15) is 12.4 Å². The number of rotatable bonds is 6. The number of anilines is 1. The minimum absolute atomic E-state index is 0.217. The van der Waals surface area contributed by atoms with Gasteiger partial charge in [-0.1, -0.05) is 44.7 Å². The topological polar surface area (TPSA) is 50.4 Å². The second-order valence-electron chi connectivity index (χ2n) is 6.43. The molecule has 2 rings (SSSR count). The molecule has 136 valence electrons. The lowest BCUT2D eigenvalue weighted by atomic mass is 10.0. The zero-order valence-electron chi connectivity index (χ0n) is 15.3. The highest BCUT2D eigenvalue weighted by atomic mass is 32.1. The second kappa shape index (κ2) is 9.15. The van der Waals surface area contributed by atoms with Crippen molar-refractivity contribution in [3.8, 4) is 5.75 Å². The number of ether oxygens (including phenoxy) is 1. The zero-order valence-corrected chi connectivity index (χ0v) is 16.2. The monoisotopic (exact) mass is 368 g/mol. The summed E-state index contributed by atoms with van der Waals surface area (Å²) in [6.07, 6.45) is 0. The van der Waals surface area contributed by atoms with Crippen LogP contribution >= 0.6 is 12.2 Å². The Morgan fingerprint density at radius 3 is 2.42 bits per heavy atom. The first-order chi connectivity index (χ1) is 12.4. The van der Waals surface area contributed by atoms with E-state index in [4.69, 9.17) is 17.0 Å². The van der Waals surface area contributed by atoms with Crippen LogP contribution in [0.25, 0.3) is 0 Å². The van der Waals surface area contributed by atoms with Crippen LogP contribution in [-0.2, 0) is 0 Å². The fraction of sp³-hybridized carbons (Fsp3) is 0.238. The predicted molar refractivity (Wildman–Crippen MR) is 111 cm³/mol. The predicted octanol–water partition coefficient (Wildman–Crippen LogP) is 4.89. The standard InChI is InChI=1S/C21H24N2O2S/c1-14(2)13-25-19-8-6-5-7-18(19)22-21(26)23-20(24)17-11-9-16(10-12-17)15(3)4/h5-12,15H,1,13H2,2-4H3,(H2,22,23,24,26). The van der Waals surface area contributed by atoms with Gasteiger partial charge in [-0.05, 0) is 60.5 Å². The molecule has 2 N–H and O–H groups in total. The van der Waals surface area contributed by atoms with Gasteiger partial charge in [-0.2, -0.15) is 0 Å². The molecule has 0 atom stereocenters. The largest absolute Gasteiger partial charge is 0.487 e. The lowest BCUT2D eigenvalue weighted by Crippen LogP contribution is -2.34. The van der Waals surface area contributed by atoms with Crippen molar-refractivity contribution in [3.63, 3.8) is 0 Å². The van der Waals surface area contributed by atoms with Gasteiger partial charge in [0.25, 0.3) is 5.91 Å². The minimum Gasteiger partial charge on any atom is -0.487 e. The van der Waals surface area contributed by atoms with E-state index in [2.05, 4.69) is 31.1 Å². The van der Waals surface area contributed by atoms with Crippen molar-refractivity contribution in [2.24, 2.45) is 0 Å². The van der Waals surface area contributed by atoms with Crippen molar-refractivity contribution in [1.29, 1.82) is 0 Å². The molecule has 0 aliphatic rings. The molecule has 5 heteroatoms. The van der Waals surface area contributed by atoms with Gasteiger partial charge >= 0.3 is 0 Å². The molecule has 0 saturated heterocycles. The molecule has 26 heavy (non-hydrogen) atoms. The molecule has 4 nitrogen and oxygen atoms in total. The fourth-order valence-corrected chi connectivity index (χ4v) is 2.45. The number of carbonyl (C=O) groups is 1. The Morgan fingerprint density at radius 2 is 1.81 bits per heavy atom. The van der Waals surface area contributed by atoms with Crippen LogP contribution in [0, 0.1) is 0 Å². The van der Waals surface area contributed by atoms with Crippen LogP contribution in [0.2, 0.25) is 0 Å². The van der Waals surface area contributed by atoms with Crippen molar-refractivity contribution in [3.05, 3.63) is 71.8 Å². The van der Waals surface area contributed by atoms with E-state index in [0.29, 0.717) is 29.5 Å². The van der Waals surface area contributed by atoms with Crippen LogP contribution in [0.1, 0.15) is 42.6 Å². The summed E-state index contributed by atoms with van der Waals surface area (Å²) in [6, 6.07) is 14.9. The smallest absolute Gasteiger partial charge is 0.257 e. The molecule has 0 unspecified atom stereocenters. The fourth-order valence-electron chi connectivity index (χ4n) is 2.24. The van der Waals surface area contributed by atoms with Crippen molar-refractivity contribution < 1.29 is 9.53 Å². The maximum Gasteiger partial charge on any atom is 0.257 e. The highest BCUT2D eigenvalue weighted by Crippen LogP contribution is 2.24. The summed E-state index contributed by atoms with van der Waals surface area (Å²) < 4.78 is 5.69. The Hall–Kier alpha value is -2.66. The maximum absolute atomic E-state index is 12.3. The van der Waals surface area contributed by atoms with Crippen LogP contribution in [0.4, 0.5) is 5.69 Å². The molecule has 0 fully saturated rings. The van der Waals surface area contributed by atoms with Crippen molar-refractivity contribution in [2.75, 3.05) is 11.9 Å². The quantitative estimate of drug-likeness (QED) is 0.563. The molecule has 1 amide bonds. The first-order valence-corrected chi connectivity index (χ1v) is 8.86. The highest BCUT2D eigenvalue weighted by Gasteiger charge is 2.10. The van der Waals surface area contributed by atoms with E-state index in [0.717, 1.165) is 5.57 Å². The molecule has 0 heterocycles. The minimum atomic E-state index is -0.252. The van der Waals surface area contributed by atoms with Crippen LogP contribution in [-0.4, -0.2) is 17.6 Å². The normalized spacial score (nSPS) is 10.3. The van der Waals surface area contributed by atoms with Crippen molar-refractivity contribution in [2.45, 2.75) is 26.7 Å². The van der Waals surface area contributed by atoms with Crippen molar-refractivity contribution in [1.82, 2.24) is 5.32 Å². The average Bonchev–Trinajstić information content (AvgIpc) is 2.60. The number of hydrogen-bond acceptors (Lipinski definition) is 3. The number of benzene rings is 2. The summed E-state index contributed by atoms with van der Waals surface area (Å²) in [5.74, 6) is 0.817. The SMILES string of the molecule is C=C(C)COc1ccccc1NC(=S)NC(=O)c1ccc(C(C)C)cc1. The summed E-state index contributed by atoms with van der Waals surface area (Å²) in [4.78, 5) is 12.3. The number of carbonyl (C=O) groups excluding carboxylic acids is 1. The van der Waals surface area contributed by atoms with E-state index in [-0.39, 0.29) is 11.0 Å². The first kappa shape index (κ1) is 19.7. The molecule has 0 saturated carbocycles. The Bertz CT molecular complexity index is 798. The number of amides is 1. The molecule has 0 spiro atoms. The lowest BCUT2D eigenvalue weighted by molar-refractivity contribution is 0.0977. The molecule has 0 radical (unpaired) electrons. The van der Waals surface area contributed by atoms with Crippen LogP contribution in [0.5, 0.6) is 5.75 Å². The number of thiocarbonyl (C=S) groups is 1. The summed E-state index contributed by atoms with van der Waals surface area (Å²) in [6.45, 7) is 10.4. The Morgan fingerprint density at radius 1 is 1.15 bits per heavy atom. The van der Waals surface area contributed by atoms with E-state index in [1.54, 1.807) is 12.1 Å². The van der Waals surface area contributed by atoms with E-state index < -0.39 is 0 Å². The number of nitrogens with one attached hydrogen (secondary N) is 2. The van der Waals surface area contributed by atoms with Crippen LogP contribution in [0.15, 0.2) is 60.7 Å². The zero-order chi connectivity index (χ0) is 19.1. The third-order valence-corrected chi connectivity index (χ3v) is 3.88. The van der Waals surface area contributed by atoms with E-state index in [9.17, 15) is 4.79 Å². The molecule has 2 aromatic carbocycles. The molecule has 2 aromatic rings. The van der Waals surface area contributed by atoms with Gasteiger partial charge in [0.05, 0.1) is 5.69 Å². The Labute approximate surface area is 160 Å². The van der Waals surface area contributed by atoms with Gasteiger partial charge in [-0.3, -0.25) is 10.1 Å². The summed E-state index contributed by atoms with van der Waals surface area (Å²) >= 11 is 5.26. The van der Waals surface area contributed by atoms with Crippen molar-refractivity contribution >= 4 is 28.9 Å². The van der Waals surface area contributed by atoms with Crippen LogP contribution in [0.3, 0.4) is 0 Å². The van der Waals surface area contributed by atoms with Gasteiger partial charge in [-0.25, -0.2) is 0 Å². The Kier molecular flexibility index (Phi) is 6.92. The van der Waals surface area contributed by atoms with E-state index in [1.807, 2.05) is 43.3 Å². The summed E-state index contributed by atoms with van der Waals surface area (Å²) in [5.41, 5.74) is 3.35. The molecule has 0 aliphatic heterocycles.